The van der Waals surface area contributed by atoms with Crippen molar-refractivity contribution in [1.82, 2.24) is 10.3 Å². The van der Waals surface area contributed by atoms with Crippen LogP contribution in [-0.2, 0) is 11.2 Å². The van der Waals surface area contributed by atoms with E-state index in [4.69, 9.17) is 4.74 Å². The third kappa shape index (κ3) is 3.98. The Morgan fingerprint density at radius 1 is 1.47 bits per heavy atom. The Bertz CT molecular complexity index is 264. The Hall–Kier alpha value is -0.930. The molecular formula is C12H20N2O. The average Bonchev–Trinajstić information content (AvgIpc) is 2.27. The van der Waals surface area contributed by atoms with Crippen molar-refractivity contribution in [3.05, 3.63) is 30.1 Å². The predicted octanol–water partition coefficient (Wildman–Crippen LogP) is 1.64. The highest BCUT2D eigenvalue weighted by atomic mass is 16.5. The molecule has 0 amide bonds. The van der Waals surface area contributed by atoms with Gasteiger partial charge in [-0.25, -0.2) is 0 Å². The first-order chi connectivity index (χ1) is 7.27. The van der Waals surface area contributed by atoms with E-state index >= 15 is 0 Å². The molecule has 0 aliphatic carbocycles. The summed E-state index contributed by atoms with van der Waals surface area (Å²) in [6, 6.07) is 6.31. The van der Waals surface area contributed by atoms with Gasteiger partial charge in [0, 0.05) is 31.0 Å². The third-order valence-corrected chi connectivity index (χ3v) is 2.52. The molecule has 1 aromatic rings. The number of likely N-dealkylation sites (N-methyl/N-ethyl adjacent to an activating group) is 1. The number of ether oxygens (including phenoxy) is 1. The molecule has 0 aromatic carbocycles. The lowest BCUT2D eigenvalue weighted by atomic mass is 10.1. The first-order valence-corrected chi connectivity index (χ1v) is 5.46. The molecule has 0 bridgehead atoms. The Morgan fingerprint density at radius 3 is 2.80 bits per heavy atom. The number of rotatable bonds is 6. The van der Waals surface area contributed by atoms with Crippen LogP contribution in [0.1, 0.15) is 19.5 Å². The van der Waals surface area contributed by atoms with Crippen LogP contribution in [0.2, 0.25) is 0 Å². The van der Waals surface area contributed by atoms with Gasteiger partial charge in [-0.1, -0.05) is 6.07 Å². The molecule has 0 fully saturated rings. The Morgan fingerprint density at radius 2 is 2.27 bits per heavy atom. The Kier molecular flexibility index (Phi) is 5.29. The second-order valence-electron chi connectivity index (χ2n) is 3.58. The van der Waals surface area contributed by atoms with Gasteiger partial charge in [0.05, 0.1) is 6.10 Å². The van der Waals surface area contributed by atoms with Crippen molar-refractivity contribution in [2.24, 2.45) is 0 Å². The summed E-state index contributed by atoms with van der Waals surface area (Å²) in [5.41, 5.74) is 1.10. The van der Waals surface area contributed by atoms with Crippen molar-refractivity contribution in [2.75, 3.05) is 13.7 Å². The lowest BCUT2D eigenvalue weighted by molar-refractivity contribution is 0.0494. The van der Waals surface area contributed by atoms with E-state index in [1.54, 1.807) is 0 Å². The largest absolute Gasteiger partial charge is 0.377 e. The van der Waals surface area contributed by atoms with Crippen molar-refractivity contribution in [2.45, 2.75) is 32.4 Å². The van der Waals surface area contributed by atoms with Crippen molar-refractivity contribution < 1.29 is 4.74 Å². The zero-order chi connectivity index (χ0) is 11.1. The third-order valence-electron chi connectivity index (χ3n) is 2.52. The van der Waals surface area contributed by atoms with Crippen LogP contribution in [-0.4, -0.2) is 30.8 Å². The van der Waals surface area contributed by atoms with Gasteiger partial charge in [0.25, 0.3) is 0 Å². The summed E-state index contributed by atoms with van der Waals surface area (Å²) >= 11 is 0. The van der Waals surface area contributed by atoms with Crippen molar-refractivity contribution in [3.63, 3.8) is 0 Å². The lowest BCUT2D eigenvalue weighted by Gasteiger charge is -2.23. The highest BCUT2D eigenvalue weighted by molar-refractivity contribution is 5.05. The molecule has 1 heterocycles. The Labute approximate surface area is 91.9 Å². The molecule has 0 radical (unpaired) electrons. The number of pyridine rings is 1. The molecule has 1 aromatic heterocycles. The quantitative estimate of drug-likeness (QED) is 0.771. The minimum absolute atomic E-state index is 0.210. The number of nitrogens with zero attached hydrogens (tertiary/aromatic N) is 1. The van der Waals surface area contributed by atoms with Gasteiger partial charge >= 0.3 is 0 Å². The lowest BCUT2D eigenvalue weighted by Crippen LogP contribution is -2.39. The van der Waals surface area contributed by atoms with E-state index in [-0.39, 0.29) is 6.10 Å². The monoisotopic (exact) mass is 208 g/mol. The highest BCUT2D eigenvalue weighted by Crippen LogP contribution is 2.05. The normalized spacial score (nSPS) is 14.9. The SMILES string of the molecule is CCOC(C)C(Cc1ccccn1)NC. The van der Waals surface area contributed by atoms with Gasteiger partial charge in [-0.2, -0.15) is 0 Å². The van der Waals surface area contributed by atoms with Gasteiger partial charge in [0.2, 0.25) is 0 Å². The van der Waals surface area contributed by atoms with Crippen molar-refractivity contribution in [3.8, 4) is 0 Å². The fourth-order valence-electron chi connectivity index (χ4n) is 1.63. The van der Waals surface area contributed by atoms with E-state index < -0.39 is 0 Å². The van der Waals surface area contributed by atoms with E-state index in [0.29, 0.717) is 6.04 Å². The molecule has 2 atom stereocenters. The summed E-state index contributed by atoms with van der Waals surface area (Å²) in [5.74, 6) is 0. The molecule has 1 rings (SSSR count). The topological polar surface area (TPSA) is 34.1 Å². The zero-order valence-corrected chi connectivity index (χ0v) is 9.73. The summed E-state index contributed by atoms with van der Waals surface area (Å²) in [6.07, 6.45) is 2.94. The van der Waals surface area contributed by atoms with Crippen LogP contribution in [0.3, 0.4) is 0 Å². The van der Waals surface area contributed by atoms with Crippen LogP contribution >= 0.6 is 0 Å². The second-order valence-corrected chi connectivity index (χ2v) is 3.58. The van der Waals surface area contributed by atoms with E-state index in [2.05, 4.69) is 17.2 Å². The van der Waals surface area contributed by atoms with Crippen LogP contribution < -0.4 is 5.32 Å². The van der Waals surface area contributed by atoms with Gasteiger partial charge in [-0.3, -0.25) is 4.98 Å². The molecule has 3 heteroatoms. The molecule has 2 unspecified atom stereocenters. The van der Waals surface area contributed by atoms with Crippen LogP contribution in [0, 0.1) is 0 Å². The Balaban J connectivity index is 2.53. The maximum absolute atomic E-state index is 5.58. The number of hydrogen-bond donors (Lipinski definition) is 1. The average molecular weight is 208 g/mol. The second kappa shape index (κ2) is 6.53. The van der Waals surface area contributed by atoms with Gasteiger partial charge < -0.3 is 10.1 Å². The summed E-state index contributed by atoms with van der Waals surface area (Å²) in [5, 5.41) is 3.27. The van der Waals surface area contributed by atoms with Gasteiger partial charge in [0.15, 0.2) is 0 Å². The maximum Gasteiger partial charge on any atom is 0.0703 e. The molecule has 0 saturated carbocycles. The van der Waals surface area contributed by atoms with Crippen LogP contribution in [0.15, 0.2) is 24.4 Å². The van der Waals surface area contributed by atoms with Gasteiger partial charge in [0.1, 0.15) is 0 Å². The number of hydrogen-bond acceptors (Lipinski definition) is 3. The molecule has 0 spiro atoms. The molecule has 3 nitrogen and oxygen atoms in total. The van der Waals surface area contributed by atoms with E-state index in [1.165, 1.54) is 0 Å². The number of aromatic nitrogens is 1. The summed E-state index contributed by atoms with van der Waals surface area (Å²) in [7, 11) is 1.96. The van der Waals surface area contributed by atoms with Crippen LogP contribution in [0.4, 0.5) is 0 Å². The van der Waals surface area contributed by atoms with Crippen molar-refractivity contribution >= 4 is 0 Å². The first-order valence-electron chi connectivity index (χ1n) is 5.46. The zero-order valence-electron chi connectivity index (χ0n) is 9.73. The summed E-state index contributed by atoms with van der Waals surface area (Å²) in [6.45, 7) is 4.86. The minimum Gasteiger partial charge on any atom is -0.377 e. The molecule has 0 saturated heterocycles. The fourth-order valence-corrected chi connectivity index (χ4v) is 1.63. The molecule has 0 aliphatic heterocycles. The van der Waals surface area contributed by atoms with Gasteiger partial charge in [-0.15, -0.1) is 0 Å². The first kappa shape index (κ1) is 12.1. The summed E-state index contributed by atoms with van der Waals surface area (Å²) < 4.78 is 5.58. The van der Waals surface area contributed by atoms with Crippen LogP contribution in [0.5, 0.6) is 0 Å². The molecule has 84 valence electrons. The number of nitrogens with one attached hydrogen (secondary N) is 1. The standard InChI is InChI=1S/C12H20N2O/c1-4-15-10(2)12(13-3)9-11-7-5-6-8-14-11/h5-8,10,12-13H,4,9H2,1-3H3. The van der Waals surface area contributed by atoms with Crippen molar-refractivity contribution in [1.29, 1.82) is 0 Å². The minimum atomic E-state index is 0.210. The molecular weight excluding hydrogens is 188 g/mol. The van der Waals surface area contributed by atoms with E-state index in [1.807, 2.05) is 38.4 Å². The maximum atomic E-state index is 5.58. The van der Waals surface area contributed by atoms with Gasteiger partial charge in [-0.05, 0) is 33.0 Å². The molecule has 1 N–H and O–H groups in total. The van der Waals surface area contributed by atoms with E-state index in [9.17, 15) is 0 Å². The smallest absolute Gasteiger partial charge is 0.0703 e. The molecule has 0 aliphatic rings. The van der Waals surface area contributed by atoms with E-state index in [0.717, 1.165) is 18.7 Å². The summed E-state index contributed by atoms with van der Waals surface area (Å²) in [4.78, 5) is 4.31. The highest BCUT2D eigenvalue weighted by Gasteiger charge is 2.16. The predicted molar refractivity (Wildman–Crippen MR) is 61.9 cm³/mol. The van der Waals surface area contributed by atoms with Crippen LogP contribution in [0.25, 0.3) is 0 Å². The molecule has 15 heavy (non-hydrogen) atoms. The fraction of sp³-hybridized carbons (Fsp3) is 0.583.